The Morgan fingerprint density at radius 1 is 1.13 bits per heavy atom. The first-order chi connectivity index (χ1) is 15.2. The van der Waals surface area contributed by atoms with Crippen LogP contribution in [-0.4, -0.2) is 29.5 Å². The average Bonchev–Trinajstić information content (AvgIpc) is 3.58. The smallest absolute Gasteiger partial charge is 0.259 e. The molecule has 3 N–H and O–H groups in total. The highest BCUT2D eigenvalue weighted by atomic mass is 16.5. The maximum atomic E-state index is 13.0. The quantitative estimate of drug-likeness (QED) is 0.559. The van der Waals surface area contributed by atoms with Gasteiger partial charge in [-0.25, -0.2) is 9.97 Å². The number of aromatic nitrogens is 2. The molecule has 2 aliphatic rings. The highest BCUT2D eigenvalue weighted by Crippen LogP contribution is 2.55. The molecule has 31 heavy (non-hydrogen) atoms. The SMILES string of the molecule is COc1cc(CNc2ncccc2C(=O)Nc2ccc3c(c2)NCCC32CC2)ccn1. The lowest BCUT2D eigenvalue weighted by Crippen LogP contribution is -2.22. The van der Waals surface area contributed by atoms with Crippen LogP contribution < -0.4 is 20.7 Å². The van der Waals surface area contributed by atoms with E-state index in [-0.39, 0.29) is 5.91 Å². The van der Waals surface area contributed by atoms with Crippen molar-refractivity contribution in [3.8, 4) is 5.88 Å². The van der Waals surface area contributed by atoms with Crippen LogP contribution in [0.3, 0.4) is 0 Å². The second kappa shape index (κ2) is 7.91. The number of nitrogens with one attached hydrogen (secondary N) is 3. The second-order valence-electron chi connectivity index (χ2n) is 8.13. The minimum Gasteiger partial charge on any atom is -0.481 e. The summed E-state index contributed by atoms with van der Waals surface area (Å²) in [5.41, 5.74) is 5.15. The van der Waals surface area contributed by atoms with E-state index >= 15 is 0 Å². The molecule has 7 nitrogen and oxygen atoms in total. The molecular formula is C24H25N5O2. The molecule has 0 radical (unpaired) electrons. The molecule has 158 valence electrons. The molecule has 7 heteroatoms. The van der Waals surface area contributed by atoms with Gasteiger partial charge in [-0.2, -0.15) is 0 Å². The molecule has 0 saturated heterocycles. The van der Waals surface area contributed by atoms with E-state index in [1.165, 1.54) is 24.8 Å². The number of nitrogens with zero attached hydrogens (tertiary/aromatic N) is 2. The van der Waals surface area contributed by atoms with E-state index in [1.807, 2.05) is 24.3 Å². The van der Waals surface area contributed by atoms with E-state index in [2.05, 4.69) is 32.0 Å². The van der Waals surface area contributed by atoms with Crippen molar-refractivity contribution in [2.24, 2.45) is 0 Å². The van der Waals surface area contributed by atoms with Crippen molar-refractivity contribution in [1.29, 1.82) is 0 Å². The third-order valence-electron chi connectivity index (χ3n) is 6.14. The van der Waals surface area contributed by atoms with Gasteiger partial charge in [0.25, 0.3) is 5.91 Å². The van der Waals surface area contributed by atoms with Gasteiger partial charge in [-0.15, -0.1) is 0 Å². The maximum Gasteiger partial charge on any atom is 0.259 e. The molecule has 3 aromatic rings. The Hall–Kier alpha value is -3.61. The Balaban J connectivity index is 1.31. The molecule has 1 aromatic carbocycles. The molecule has 1 fully saturated rings. The van der Waals surface area contributed by atoms with Gasteiger partial charge >= 0.3 is 0 Å². The molecule has 3 heterocycles. The molecule has 1 spiro atoms. The number of hydrogen-bond donors (Lipinski definition) is 3. The Kier molecular flexibility index (Phi) is 4.94. The van der Waals surface area contributed by atoms with Crippen LogP contribution >= 0.6 is 0 Å². The van der Waals surface area contributed by atoms with Crippen LogP contribution in [0.5, 0.6) is 5.88 Å². The fourth-order valence-electron chi connectivity index (χ4n) is 4.26. The van der Waals surface area contributed by atoms with Crippen molar-refractivity contribution in [3.05, 3.63) is 71.5 Å². The normalized spacial score (nSPS) is 15.5. The van der Waals surface area contributed by atoms with Crippen LogP contribution in [0.2, 0.25) is 0 Å². The van der Waals surface area contributed by atoms with Crippen molar-refractivity contribution >= 4 is 23.1 Å². The number of carbonyl (C=O) groups excluding carboxylic acids is 1. The van der Waals surface area contributed by atoms with Crippen molar-refractivity contribution in [2.75, 3.05) is 29.6 Å². The number of benzene rings is 1. The number of pyridine rings is 2. The topological polar surface area (TPSA) is 88.2 Å². The first kappa shape index (κ1) is 19.4. The maximum absolute atomic E-state index is 13.0. The number of rotatable bonds is 6. The summed E-state index contributed by atoms with van der Waals surface area (Å²) in [6.45, 7) is 1.49. The summed E-state index contributed by atoms with van der Waals surface area (Å²) < 4.78 is 5.17. The second-order valence-corrected chi connectivity index (χ2v) is 8.13. The lowest BCUT2D eigenvalue weighted by Gasteiger charge is -2.27. The number of methoxy groups -OCH3 is 1. The highest BCUT2D eigenvalue weighted by Gasteiger charge is 2.46. The van der Waals surface area contributed by atoms with Gasteiger partial charge in [0.15, 0.2) is 0 Å². The lowest BCUT2D eigenvalue weighted by molar-refractivity contribution is 0.102. The van der Waals surface area contributed by atoms with Crippen LogP contribution in [0.25, 0.3) is 0 Å². The Labute approximate surface area is 181 Å². The predicted molar refractivity (Wildman–Crippen MR) is 121 cm³/mol. The number of ether oxygens (including phenoxy) is 1. The number of carbonyl (C=O) groups is 1. The largest absolute Gasteiger partial charge is 0.481 e. The first-order valence-corrected chi connectivity index (χ1v) is 10.5. The number of amides is 1. The molecule has 0 bridgehead atoms. The summed E-state index contributed by atoms with van der Waals surface area (Å²) >= 11 is 0. The molecule has 2 aromatic heterocycles. The molecule has 5 rings (SSSR count). The van der Waals surface area contributed by atoms with Crippen molar-refractivity contribution in [2.45, 2.75) is 31.2 Å². The summed E-state index contributed by atoms with van der Waals surface area (Å²) in [6, 6.07) is 13.5. The zero-order valence-electron chi connectivity index (χ0n) is 17.4. The van der Waals surface area contributed by atoms with Crippen molar-refractivity contribution in [1.82, 2.24) is 9.97 Å². The fraction of sp³-hybridized carbons (Fsp3) is 0.292. The van der Waals surface area contributed by atoms with E-state index in [9.17, 15) is 4.79 Å². The summed E-state index contributed by atoms with van der Waals surface area (Å²) in [5, 5.41) is 9.75. The third kappa shape index (κ3) is 3.91. The van der Waals surface area contributed by atoms with Gasteiger partial charge in [-0.05, 0) is 66.1 Å². The van der Waals surface area contributed by atoms with Crippen LogP contribution in [0, 0.1) is 0 Å². The van der Waals surface area contributed by atoms with Gasteiger partial charge in [0.1, 0.15) is 5.82 Å². The average molecular weight is 415 g/mol. The Morgan fingerprint density at radius 3 is 2.87 bits per heavy atom. The number of hydrogen-bond acceptors (Lipinski definition) is 6. The summed E-state index contributed by atoms with van der Waals surface area (Å²) in [5.74, 6) is 0.885. The molecule has 0 unspecified atom stereocenters. The van der Waals surface area contributed by atoms with Gasteiger partial charge in [0.05, 0.1) is 12.7 Å². The number of fused-ring (bicyclic) bond motifs is 2. The molecule has 1 saturated carbocycles. The van der Waals surface area contributed by atoms with Crippen LogP contribution in [0.1, 0.15) is 40.7 Å². The summed E-state index contributed by atoms with van der Waals surface area (Å²) in [7, 11) is 1.58. The fourth-order valence-corrected chi connectivity index (χ4v) is 4.26. The van der Waals surface area contributed by atoms with E-state index in [0.29, 0.717) is 29.2 Å². The van der Waals surface area contributed by atoms with Crippen molar-refractivity contribution in [3.63, 3.8) is 0 Å². The monoisotopic (exact) mass is 415 g/mol. The molecule has 0 atom stereocenters. The van der Waals surface area contributed by atoms with E-state index in [1.54, 1.807) is 31.6 Å². The van der Waals surface area contributed by atoms with E-state index in [4.69, 9.17) is 4.74 Å². The Bertz CT molecular complexity index is 1130. The first-order valence-electron chi connectivity index (χ1n) is 10.5. The summed E-state index contributed by atoms with van der Waals surface area (Å²) in [4.78, 5) is 21.5. The lowest BCUT2D eigenvalue weighted by atomic mass is 9.88. The summed E-state index contributed by atoms with van der Waals surface area (Å²) in [6.07, 6.45) is 7.09. The molecular weight excluding hydrogens is 390 g/mol. The molecule has 1 amide bonds. The minimum absolute atomic E-state index is 0.195. The minimum atomic E-state index is -0.195. The van der Waals surface area contributed by atoms with Gasteiger partial charge in [0.2, 0.25) is 5.88 Å². The van der Waals surface area contributed by atoms with Crippen LogP contribution in [0.15, 0.2) is 54.9 Å². The van der Waals surface area contributed by atoms with Gasteiger partial charge in [-0.1, -0.05) is 6.07 Å². The molecule has 1 aliphatic heterocycles. The predicted octanol–water partition coefficient (Wildman–Crippen LogP) is 4.20. The zero-order valence-corrected chi connectivity index (χ0v) is 17.4. The van der Waals surface area contributed by atoms with E-state index < -0.39 is 0 Å². The van der Waals surface area contributed by atoms with Crippen LogP contribution in [-0.2, 0) is 12.0 Å². The van der Waals surface area contributed by atoms with Crippen LogP contribution in [0.4, 0.5) is 17.2 Å². The third-order valence-corrected chi connectivity index (χ3v) is 6.14. The zero-order chi connectivity index (χ0) is 21.3. The molecule has 1 aliphatic carbocycles. The van der Waals surface area contributed by atoms with E-state index in [0.717, 1.165) is 23.5 Å². The number of anilines is 3. The standard InChI is InChI=1S/C24H25N5O2/c1-31-21-13-16(6-11-26-21)15-28-22-18(3-2-10-27-22)23(30)29-17-4-5-19-20(14-17)25-12-9-24(19)7-8-24/h2-6,10-11,13-14,25H,7-9,12,15H2,1H3,(H,27,28)(H,29,30). The van der Waals surface area contributed by atoms with Gasteiger partial charge in [0, 0.05) is 42.9 Å². The van der Waals surface area contributed by atoms with Gasteiger partial charge < -0.3 is 20.7 Å². The Morgan fingerprint density at radius 2 is 2.03 bits per heavy atom. The van der Waals surface area contributed by atoms with Gasteiger partial charge in [-0.3, -0.25) is 4.79 Å². The highest BCUT2D eigenvalue weighted by molar-refractivity contribution is 6.07. The van der Waals surface area contributed by atoms with Crippen molar-refractivity contribution < 1.29 is 9.53 Å².